The average Bonchev–Trinajstić information content (AvgIpc) is 2.96. The molecule has 1 aliphatic rings. The highest BCUT2D eigenvalue weighted by Crippen LogP contribution is 2.35. The Balaban J connectivity index is 1.85. The van der Waals surface area contributed by atoms with Gasteiger partial charge in [0.15, 0.2) is 0 Å². The Morgan fingerprint density at radius 1 is 1.33 bits per heavy atom. The second-order valence-corrected chi connectivity index (χ2v) is 9.23. The van der Waals surface area contributed by atoms with Gasteiger partial charge in [0.1, 0.15) is 4.21 Å². The van der Waals surface area contributed by atoms with E-state index >= 15 is 0 Å². The van der Waals surface area contributed by atoms with E-state index in [9.17, 15) is 8.42 Å². The third-order valence-electron chi connectivity index (χ3n) is 3.42. The second kappa shape index (κ2) is 6.18. The number of thiophene rings is 2. The van der Waals surface area contributed by atoms with E-state index in [2.05, 4.69) is 5.32 Å². The summed E-state index contributed by atoms with van der Waals surface area (Å²) in [5, 5.41) is 7.06. The van der Waals surface area contributed by atoms with Crippen molar-refractivity contribution in [3.05, 3.63) is 39.4 Å². The summed E-state index contributed by atoms with van der Waals surface area (Å²) in [6.07, 6.45) is 1.94. The lowest BCUT2D eigenvalue weighted by atomic mass is 10.3. The molecule has 7 heteroatoms. The molecule has 0 atom stereocenters. The topological polar surface area (TPSA) is 49.4 Å². The van der Waals surface area contributed by atoms with Crippen molar-refractivity contribution < 1.29 is 8.42 Å². The molecule has 1 saturated carbocycles. The predicted molar refractivity (Wildman–Crippen MR) is 87.2 cm³/mol. The van der Waals surface area contributed by atoms with E-state index in [0.29, 0.717) is 17.3 Å². The van der Waals surface area contributed by atoms with Gasteiger partial charge in [-0.25, -0.2) is 8.42 Å². The van der Waals surface area contributed by atoms with E-state index in [1.54, 1.807) is 21.7 Å². The maximum atomic E-state index is 12.9. The number of nitrogens with one attached hydrogen (secondary N) is 1. The normalized spacial score (nSPS) is 15.7. The first-order valence-corrected chi connectivity index (χ1v) is 10.1. The van der Waals surface area contributed by atoms with Crippen molar-refractivity contribution in [2.24, 2.45) is 0 Å². The van der Waals surface area contributed by atoms with Gasteiger partial charge in [-0.3, -0.25) is 0 Å². The van der Waals surface area contributed by atoms with E-state index in [4.69, 9.17) is 0 Å². The van der Waals surface area contributed by atoms with Crippen LogP contribution in [-0.2, 0) is 23.1 Å². The molecular weight excluding hydrogens is 324 g/mol. The maximum absolute atomic E-state index is 12.9. The minimum Gasteiger partial charge on any atom is -0.315 e. The first kappa shape index (κ1) is 15.2. The zero-order valence-electron chi connectivity index (χ0n) is 11.8. The Kier molecular flexibility index (Phi) is 4.46. The smallest absolute Gasteiger partial charge is 0.253 e. The van der Waals surface area contributed by atoms with Gasteiger partial charge in [-0.15, -0.1) is 11.3 Å². The van der Waals surface area contributed by atoms with E-state index in [-0.39, 0.29) is 6.04 Å². The van der Waals surface area contributed by atoms with Gasteiger partial charge >= 0.3 is 0 Å². The largest absolute Gasteiger partial charge is 0.315 e. The van der Waals surface area contributed by atoms with Crippen LogP contribution in [0.4, 0.5) is 0 Å². The summed E-state index contributed by atoms with van der Waals surface area (Å²) in [6, 6.07) is 5.79. The number of sulfonamides is 1. The Labute approximate surface area is 133 Å². The summed E-state index contributed by atoms with van der Waals surface area (Å²) >= 11 is 2.96. The van der Waals surface area contributed by atoms with Gasteiger partial charge in [0, 0.05) is 24.0 Å². The van der Waals surface area contributed by atoms with Crippen molar-refractivity contribution in [3.8, 4) is 0 Å². The molecule has 2 heterocycles. The van der Waals surface area contributed by atoms with Gasteiger partial charge < -0.3 is 5.32 Å². The van der Waals surface area contributed by atoms with Crippen molar-refractivity contribution >= 4 is 32.7 Å². The molecule has 0 radical (unpaired) electrons. The highest BCUT2D eigenvalue weighted by Gasteiger charge is 2.38. The lowest BCUT2D eigenvalue weighted by Crippen LogP contribution is -2.32. The fourth-order valence-electron chi connectivity index (χ4n) is 2.22. The zero-order chi connectivity index (χ0) is 14.9. The first-order chi connectivity index (χ1) is 10.1. The van der Waals surface area contributed by atoms with Gasteiger partial charge in [-0.2, -0.15) is 15.6 Å². The highest BCUT2D eigenvalue weighted by molar-refractivity contribution is 7.91. The SMILES string of the molecule is CNCc1ccc(S(=O)(=O)N(Cc2ccsc2)C2CC2)s1. The van der Waals surface area contributed by atoms with Crippen LogP contribution in [0, 0.1) is 0 Å². The molecule has 1 N–H and O–H groups in total. The average molecular weight is 343 g/mol. The monoisotopic (exact) mass is 342 g/mol. The predicted octanol–water partition coefficient (Wildman–Crippen LogP) is 2.88. The molecule has 0 aromatic carbocycles. The van der Waals surface area contributed by atoms with Gasteiger partial charge in [0.2, 0.25) is 0 Å². The van der Waals surface area contributed by atoms with E-state index in [0.717, 1.165) is 23.3 Å². The minimum atomic E-state index is -3.38. The molecule has 0 amide bonds. The van der Waals surface area contributed by atoms with Crippen LogP contribution >= 0.6 is 22.7 Å². The maximum Gasteiger partial charge on any atom is 0.253 e. The third-order valence-corrected chi connectivity index (χ3v) is 7.61. The Morgan fingerprint density at radius 3 is 2.76 bits per heavy atom. The van der Waals surface area contributed by atoms with Crippen LogP contribution in [0.1, 0.15) is 23.3 Å². The van der Waals surface area contributed by atoms with Crippen molar-refractivity contribution in [3.63, 3.8) is 0 Å². The van der Waals surface area contributed by atoms with Gasteiger partial charge in [-0.1, -0.05) is 0 Å². The quantitative estimate of drug-likeness (QED) is 0.842. The molecule has 0 aliphatic heterocycles. The molecule has 3 rings (SSSR count). The van der Waals surface area contributed by atoms with Gasteiger partial charge in [0.25, 0.3) is 10.0 Å². The molecule has 2 aromatic heterocycles. The molecule has 4 nitrogen and oxygen atoms in total. The molecule has 1 aliphatic carbocycles. The molecule has 0 saturated heterocycles. The third kappa shape index (κ3) is 3.37. The van der Waals surface area contributed by atoms with E-state index in [1.165, 1.54) is 11.3 Å². The Morgan fingerprint density at radius 2 is 2.14 bits per heavy atom. The van der Waals surface area contributed by atoms with Crippen molar-refractivity contribution in [1.29, 1.82) is 0 Å². The van der Waals surface area contributed by atoms with Crippen LogP contribution in [0.3, 0.4) is 0 Å². The fourth-order valence-corrected chi connectivity index (χ4v) is 6.05. The fraction of sp³-hybridized carbons (Fsp3) is 0.429. The summed E-state index contributed by atoms with van der Waals surface area (Å²) in [4.78, 5) is 1.04. The van der Waals surface area contributed by atoms with Crippen molar-refractivity contribution in [2.75, 3.05) is 7.05 Å². The van der Waals surface area contributed by atoms with Gasteiger partial charge in [-0.05, 0) is 54.4 Å². The standard InChI is InChI=1S/C14H18N2O2S3/c1-15-8-13-4-5-14(20-13)21(17,18)16(12-2-3-12)9-11-6-7-19-10-11/h4-7,10,12,15H,2-3,8-9H2,1H3. The van der Waals surface area contributed by atoms with Crippen LogP contribution in [0.2, 0.25) is 0 Å². The minimum absolute atomic E-state index is 0.171. The summed E-state index contributed by atoms with van der Waals surface area (Å²) in [7, 11) is -1.52. The molecule has 2 aromatic rings. The van der Waals surface area contributed by atoms with Crippen LogP contribution in [0.15, 0.2) is 33.2 Å². The molecule has 114 valence electrons. The number of hydrogen-bond donors (Lipinski definition) is 1. The highest BCUT2D eigenvalue weighted by atomic mass is 32.2. The lowest BCUT2D eigenvalue weighted by Gasteiger charge is -2.20. The molecule has 0 spiro atoms. The first-order valence-electron chi connectivity index (χ1n) is 6.87. The zero-order valence-corrected chi connectivity index (χ0v) is 14.2. The molecule has 1 fully saturated rings. The van der Waals surface area contributed by atoms with Crippen molar-refractivity contribution in [1.82, 2.24) is 9.62 Å². The number of nitrogens with zero attached hydrogens (tertiary/aromatic N) is 1. The van der Waals surface area contributed by atoms with E-state index in [1.807, 2.05) is 29.9 Å². The molecule has 21 heavy (non-hydrogen) atoms. The van der Waals surface area contributed by atoms with Crippen LogP contribution in [0.5, 0.6) is 0 Å². The lowest BCUT2D eigenvalue weighted by molar-refractivity contribution is 0.400. The van der Waals surface area contributed by atoms with Crippen LogP contribution < -0.4 is 5.32 Å². The Hall–Kier alpha value is -0.730. The van der Waals surface area contributed by atoms with Gasteiger partial charge in [0.05, 0.1) is 0 Å². The Bertz CT molecular complexity index is 688. The summed E-state index contributed by atoms with van der Waals surface area (Å²) in [5.74, 6) is 0. The second-order valence-electron chi connectivity index (χ2n) is 5.16. The summed E-state index contributed by atoms with van der Waals surface area (Å²) < 4.78 is 27.9. The number of hydrogen-bond acceptors (Lipinski definition) is 5. The van der Waals surface area contributed by atoms with E-state index < -0.39 is 10.0 Å². The van der Waals surface area contributed by atoms with Crippen LogP contribution in [0.25, 0.3) is 0 Å². The molecule has 0 unspecified atom stereocenters. The summed E-state index contributed by atoms with van der Waals surface area (Å²) in [6.45, 7) is 1.18. The molecule has 0 bridgehead atoms. The van der Waals surface area contributed by atoms with Crippen molar-refractivity contribution in [2.45, 2.75) is 36.2 Å². The molecular formula is C14H18N2O2S3. The number of rotatable bonds is 7. The summed E-state index contributed by atoms with van der Waals surface area (Å²) in [5.41, 5.74) is 1.07. The van der Waals surface area contributed by atoms with Crippen LogP contribution in [-0.4, -0.2) is 25.8 Å².